The van der Waals surface area contributed by atoms with Gasteiger partial charge in [-0.1, -0.05) is 35.3 Å². The van der Waals surface area contributed by atoms with E-state index < -0.39 is 15.9 Å². The maximum Gasteiger partial charge on any atom is 0.255 e. The van der Waals surface area contributed by atoms with Gasteiger partial charge in [-0.3, -0.25) is 4.79 Å². The molecule has 2 aromatic rings. The minimum Gasteiger partial charge on any atom is -0.379 e. The van der Waals surface area contributed by atoms with E-state index in [0.717, 1.165) is 0 Å². The van der Waals surface area contributed by atoms with Gasteiger partial charge in [0.25, 0.3) is 5.91 Å². The van der Waals surface area contributed by atoms with Crippen LogP contribution >= 0.6 is 23.2 Å². The molecule has 0 aromatic heterocycles. The van der Waals surface area contributed by atoms with Crippen molar-refractivity contribution in [2.75, 3.05) is 31.6 Å². The highest BCUT2D eigenvalue weighted by atomic mass is 35.5. The molecule has 0 bridgehead atoms. The number of morpholine rings is 1. The molecule has 1 amide bonds. The molecule has 9 heteroatoms. The van der Waals surface area contributed by atoms with E-state index >= 15 is 0 Å². The molecule has 1 aliphatic heterocycles. The van der Waals surface area contributed by atoms with Gasteiger partial charge < -0.3 is 10.1 Å². The normalized spacial score (nSPS) is 15.6. The fourth-order valence-electron chi connectivity index (χ4n) is 2.53. The van der Waals surface area contributed by atoms with Gasteiger partial charge in [0.15, 0.2) is 0 Å². The number of nitrogens with one attached hydrogen (secondary N) is 1. The van der Waals surface area contributed by atoms with E-state index in [1.807, 2.05) is 0 Å². The molecule has 0 radical (unpaired) electrons. The highest BCUT2D eigenvalue weighted by molar-refractivity contribution is 7.89. The molecule has 0 atom stereocenters. The van der Waals surface area contributed by atoms with Gasteiger partial charge in [-0.25, -0.2) is 8.42 Å². The van der Waals surface area contributed by atoms with Gasteiger partial charge in [0.05, 0.1) is 28.9 Å². The Kier molecular flexibility index (Phi) is 5.84. The summed E-state index contributed by atoms with van der Waals surface area (Å²) in [7, 11) is -3.81. The van der Waals surface area contributed by atoms with Crippen LogP contribution < -0.4 is 5.32 Å². The Bertz CT molecular complexity index is 928. The lowest BCUT2D eigenvalue weighted by Crippen LogP contribution is -2.40. The summed E-state index contributed by atoms with van der Waals surface area (Å²) in [6.45, 7) is 1.14. The average Bonchev–Trinajstić information content (AvgIpc) is 2.64. The third-order valence-corrected chi connectivity index (χ3v) is 6.61. The summed E-state index contributed by atoms with van der Waals surface area (Å²) in [6.07, 6.45) is 0. The number of amides is 1. The van der Waals surface area contributed by atoms with E-state index in [9.17, 15) is 13.2 Å². The Morgan fingerprint density at radius 2 is 1.73 bits per heavy atom. The molecule has 138 valence electrons. The summed E-state index contributed by atoms with van der Waals surface area (Å²) in [5, 5.41) is 3.11. The van der Waals surface area contributed by atoms with Crippen LogP contribution in [0.4, 0.5) is 5.69 Å². The van der Waals surface area contributed by atoms with E-state index in [1.54, 1.807) is 24.3 Å². The topological polar surface area (TPSA) is 75.7 Å². The third kappa shape index (κ3) is 4.02. The van der Waals surface area contributed by atoms with Crippen molar-refractivity contribution >= 4 is 44.8 Å². The largest absolute Gasteiger partial charge is 0.379 e. The number of carbonyl (C=O) groups excluding carboxylic acids is 1. The van der Waals surface area contributed by atoms with E-state index in [1.165, 1.54) is 22.5 Å². The van der Waals surface area contributed by atoms with Crippen LogP contribution in [-0.4, -0.2) is 44.9 Å². The predicted molar refractivity (Wildman–Crippen MR) is 100 cm³/mol. The monoisotopic (exact) mass is 414 g/mol. The molecule has 3 rings (SSSR count). The van der Waals surface area contributed by atoms with Gasteiger partial charge in [-0.15, -0.1) is 0 Å². The molecule has 26 heavy (non-hydrogen) atoms. The highest BCUT2D eigenvalue weighted by Crippen LogP contribution is 2.27. The minimum absolute atomic E-state index is 0.0609. The lowest BCUT2D eigenvalue weighted by Gasteiger charge is -2.26. The quantitative estimate of drug-likeness (QED) is 0.832. The summed E-state index contributed by atoms with van der Waals surface area (Å²) < 4.78 is 32.1. The van der Waals surface area contributed by atoms with Crippen LogP contribution in [0.2, 0.25) is 10.0 Å². The first-order valence-corrected chi connectivity index (χ1v) is 10.0. The highest BCUT2D eigenvalue weighted by Gasteiger charge is 2.29. The van der Waals surface area contributed by atoms with Crippen LogP contribution in [-0.2, 0) is 14.8 Å². The Morgan fingerprint density at radius 1 is 1.04 bits per heavy atom. The number of carbonyl (C=O) groups is 1. The summed E-state index contributed by atoms with van der Waals surface area (Å²) >= 11 is 12.1. The van der Waals surface area contributed by atoms with Gasteiger partial charge in [0.2, 0.25) is 10.0 Å². The van der Waals surface area contributed by atoms with Crippen LogP contribution in [0.3, 0.4) is 0 Å². The lowest BCUT2D eigenvalue weighted by atomic mass is 10.2. The number of para-hydroxylation sites is 1. The zero-order valence-corrected chi connectivity index (χ0v) is 15.9. The Balaban J connectivity index is 1.90. The zero-order chi connectivity index (χ0) is 18.7. The predicted octanol–water partition coefficient (Wildman–Crippen LogP) is 3.27. The van der Waals surface area contributed by atoms with Gasteiger partial charge in [0, 0.05) is 18.7 Å². The Hall–Kier alpha value is -1.64. The first-order chi connectivity index (χ1) is 12.4. The molecule has 1 N–H and O–H groups in total. The molecule has 0 saturated carbocycles. The number of nitrogens with zero attached hydrogens (tertiary/aromatic N) is 1. The molecule has 1 saturated heterocycles. The van der Waals surface area contributed by atoms with Crippen LogP contribution in [0, 0.1) is 0 Å². The maximum atomic E-state index is 12.8. The second-order valence-corrected chi connectivity index (χ2v) is 8.32. The van der Waals surface area contributed by atoms with E-state index in [2.05, 4.69) is 5.32 Å². The Morgan fingerprint density at radius 3 is 2.42 bits per heavy atom. The molecule has 1 fully saturated rings. The van der Waals surface area contributed by atoms with Crippen molar-refractivity contribution in [1.82, 2.24) is 4.31 Å². The van der Waals surface area contributed by atoms with Crippen LogP contribution in [0.25, 0.3) is 0 Å². The van der Waals surface area contributed by atoms with Gasteiger partial charge in [-0.05, 0) is 30.3 Å². The standard InChI is InChI=1S/C17H16Cl2N2O4S/c18-13-3-1-2-4-15(13)20-17(22)12-5-6-14(19)16(11-12)26(23,24)21-7-9-25-10-8-21/h1-6,11H,7-10H2,(H,20,22). The molecule has 0 spiro atoms. The molecular weight excluding hydrogens is 399 g/mol. The first kappa shape index (κ1) is 19.1. The molecule has 1 heterocycles. The second-order valence-electron chi connectivity index (χ2n) is 5.60. The number of rotatable bonds is 4. The zero-order valence-electron chi connectivity index (χ0n) is 13.6. The molecule has 2 aromatic carbocycles. The van der Waals surface area contributed by atoms with Crippen molar-refractivity contribution in [3.8, 4) is 0 Å². The van der Waals surface area contributed by atoms with Gasteiger partial charge >= 0.3 is 0 Å². The number of benzene rings is 2. The number of sulfonamides is 1. The molecule has 6 nitrogen and oxygen atoms in total. The summed E-state index contributed by atoms with van der Waals surface area (Å²) in [5.41, 5.74) is 0.604. The molecule has 1 aliphatic rings. The number of hydrogen-bond acceptors (Lipinski definition) is 4. The van der Waals surface area contributed by atoms with Crippen molar-refractivity contribution in [2.24, 2.45) is 0 Å². The maximum absolute atomic E-state index is 12.8. The van der Waals surface area contributed by atoms with Crippen LogP contribution in [0.15, 0.2) is 47.4 Å². The molecule has 0 aliphatic carbocycles. The summed E-state index contributed by atoms with van der Waals surface area (Å²) in [5.74, 6) is -0.479. The average molecular weight is 415 g/mol. The number of ether oxygens (including phenoxy) is 1. The van der Waals surface area contributed by atoms with Crippen molar-refractivity contribution in [2.45, 2.75) is 4.90 Å². The van der Waals surface area contributed by atoms with Crippen molar-refractivity contribution in [3.05, 3.63) is 58.1 Å². The Labute approximate surface area is 161 Å². The number of hydrogen-bond donors (Lipinski definition) is 1. The van der Waals surface area contributed by atoms with Crippen LogP contribution in [0.5, 0.6) is 0 Å². The fraction of sp³-hybridized carbons (Fsp3) is 0.235. The summed E-state index contributed by atoms with van der Waals surface area (Å²) in [6, 6.07) is 10.9. The van der Waals surface area contributed by atoms with Crippen LogP contribution in [0.1, 0.15) is 10.4 Å². The number of halogens is 2. The lowest BCUT2D eigenvalue weighted by molar-refractivity contribution is 0.0730. The van der Waals surface area contributed by atoms with E-state index in [0.29, 0.717) is 23.9 Å². The van der Waals surface area contributed by atoms with E-state index in [4.69, 9.17) is 27.9 Å². The van der Waals surface area contributed by atoms with Gasteiger partial charge in [0.1, 0.15) is 4.90 Å². The molecular formula is C17H16Cl2N2O4S. The fourth-order valence-corrected chi connectivity index (χ4v) is 4.62. The smallest absolute Gasteiger partial charge is 0.255 e. The van der Waals surface area contributed by atoms with Crippen molar-refractivity contribution in [1.29, 1.82) is 0 Å². The first-order valence-electron chi connectivity index (χ1n) is 7.83. The second kappa shape index (κ2) is 7.94. The minimum atomic E-state index is -3.81. The molecule has 0 unspecified atom stereocenters. The SMILES string of the molecule is O=C(Nc1ccccc1Cl)c1ccc(Cl)c(S(=O)(=O)N2CCOCC2)c1. The number of anilines is 1. The third-order valence-electron chi connectivity index (χ3n) is 3.90. The van der Waals surface area contributed by atoms with Crippen molar-refractivity contribution < 1.29 is 17.9 Å². The summed E-state index contributed by atoms with van der Waals surface area (Å²) in [4.78, 5) is 12.4. The van der Waals surface area contributed by atoms with E-state index in [-0.39, 0.29) is 28.6 Å². The van der Waals surface area contributed by atoms with Crippen molar-refractivity contribution in [3.63, 3.8) is 0 Å². The van der Waals surface area contributed by atoms with Gasteiger partial charge in [-0.2, -0.15) is 4.31 Å².